The summed E-state index contributed by atoms with van der Waals surface area (Å²) in [6, 6.07) is 5.04. The summed E-state index contributed by atoms with van der Waals surface area (Å²) >= 11 is 1.35. The lowest BCUT2D eigenvalue weighted by Crippen LogP contribution is -2.41. The zero-order valence-electron chi connectivity index (χ0n) is 17.9. The number of hydrogen-bond acceptors (Lipinski definition) is 6. The molecule has 174 valence electrons. The minimum Gasteiger partial charge on any atom is -0.444 e. The maximum absolute atomic E-state index is 12.5. The SMILES string of the molecule is CC(C)(C)OC(=O)N1CCC(c2nc(C(=O)Nc3cccc(OC(F)(F)F)c3)cs2)CC1. The van der Waals surface area contributed by atoms with Gasteiger partial charge in [-0.1, -0.05) is 6.07 Å². The number of nitrogens with one attached hydrogen (secondary N) is 1. The molecular formula is C21H24F3N3O4S. The van der Waals surface area contributed by atoms with Crippen molar-refractivity contribution in [2.45, 2.75) is 51.5 Å². The first-order valence-electron chi connectivity index (χ1n) is 10.0. The van der Waals surface area contributed by atoms with Crippen LogP contribution in [0.25, 0.3) is 0 Å². The number of halogens is 3. The Labute approximate surface area is 187 Å². The van der Waals surface area contributed by atoms with Crippen molar-refractivity contribution >= 4 is 29.0 Å². The molecule has 0 spiro atoms. The quantitative estimate of drug-likeness (QED) is 0.645. The lowest BCUT2D eigenvalue weighted by Gasteiger charge is -2.32. The van der Waals surface area contributed by atoms with Gasteiger partial charge in [-0.3, -0.25) is 4.79 Å². The van der Waals surface area contributed by atoms with E-state index in [4.69, 9.17) is 4.74 Å². The van der Waals surface area contributed by atoms with Gasteiger partial charge in [-0.05, 0) is 45.7 Å². The molecule has 0 aliphatic carbocycles. The zero-order chi connectivity index (χ0) is 23.5. The molecule has 0 saturated carbocycles. The van der Waals surface area contributed by atoms with E-state index in [2.05, 4.69) is 15.0 Å². The average molecular weight is 472 g/mol. The van der Waals surface area contributed by atoms with Crippen molar-refractivity contribution in [2.75, 3.05) is 18.4 Å². The minimum atomic E-state index is -4.81. The first-order valence-corrected chi connectivity index (χ1v) is 10.9. The van der Waals surface area contributed by atoms with Crippen LogP contribution in [0.5, 0.6) is 5.75 Å². The number of likely N-dealkylation sites (tertiary alicyclic amines) is 1. The highest BCUT2D eigenvalue weighted by molar-refractivity contribution is 7.10. The minimum absolute atomic E-state index is 0.115. The van der Waals surface area contributed by atoms with Crippen molar-refractivity contribution in [1.29, 1.82) is 0 Å². The molecule has 1 aromatic carbocycles. The van der Waals surface area contributed by atoms with Crippen molar-refractivity contribution in [3.63, 3.8) is 0 Å². The lowest BCUT2D eigenvalue weighted by atomic mass is 9.98. The second kappa shape index (κ2) is 9.35. The van der Waals surface area contributed by atoms with Crippen molar-refractivity contribution in [3.8, 4) is 5.75 Å². The largest absolute Gasteiger partial charge is 0.573 e. The molecule has 0 radical (unpaired) electrons. The summed E-state index contributed by atoms with van der Waals surface area (Å²) in [6.07, 6.45) is -3.76. The maximum Gasteiger partial charge on any atom is 0.573 e. The number of carbonyl (C=O) groups is 2. The number of hydrogen-bond donors (Lipinski definition) is 1. The third-order valence-electron chi connectivity index (χ3n) is 4.58. The molecule has 0 bridgehead atoms. The van der Waals surface area contributed by atoms with E-state index >= 15 is 0 Å². The highest BCUT2D eigenvalue weighted by Gasteiger charge is 2.31. The van der Waals surface area contributed by atoms with Crippen LogP contribution in [0.1, 0.15) is 55.0 Å². The van der Waals surface area contributed by atoms with Crippen LogP contribution >= 0.6 is 11.3 Å². The number of ether oxygens (including phenoxy) is 2. The Morgan fingerprint density at radius 1 is 1.19 bits per heavy atom. The number of benzene rings is 1. The fraction of sp³-hybridized carbons (Fsp3) is 0.476. The molecule has 2 heterocycles. The van der Waals surface area contributed by atoms with E-state index in [1.807, 2.05) is 20.8 Å². The van der Waals surface area contributed by atoms with Crippen LogP contribution in [0.15, 0.2) is 29.6 Å². The molecule has 32 heavy (non-hydrogen) atoms. The molecule has 1 N–H and O–H groups in total. The number of nitrogens with zero attached hydrogens (tertiary/aromatic N) is 2. The lowest BCUT2D eigenvalue weighted by molar-refractivity contribution is -0.274. The van der Waals surface area contributed by atoms with E-state index in [0.717, 1.165) is 17.1 Å². The topological polar surface area (TPSA) is 80.8 Å². The summed E-state index contributed by atoms with van der Waals surface area (Å²) in [7, 11) is 0. The fourth-order valence-corrected chi connectivity index (χ4v) is 4.15. The Morgan fingerprint density at radius 3 is 2.50 bits per heavy atom. The van der Waals surface area contributed by atoms with E-state index < -0.39 is 23.6 Å². The highest BCUT2D eigenvalue weighted by atomic mass is 32.1. The molecule has 0 unspecified atom stereocenters. The Kier molecular flexibility index (Phi) is 6.97. The molecule has 3 rings (SSSR count). The van der Waals surface area contributed by atoms with E-state index in [0.29, 0.717) is 25.9 Å². The molecule has 2 aromatic rings. The van der Waals surface area contributed by atoms with Gasteiger partial charge in [-0.15, -0.1) is 24.5 Å². The van der Waals surface area contributed by atoms with Gasteiger partial charge in [0.1, 0.15) is 17.0 Å². The summed E-state index contributed by atoms with van der Waals surface area (Å²) in [4.78, 5) is 30.7. The normalized spacial score (nSPS) is 15.4. The number of thiazole rings is 1. The van der Waals surface area contributed by atoms with Gasteiger partial charge in [-0.2, -0.15) is 0 Å². The number of carbonyl (C=O) groups excluding carboxylic acids is 2. The monoisotopic (exact) mass is 471 g/mol. The molecule has 1 aliphatic heterocycles. The zero-order valence-corrected chi connectivity index (χ0v) is 18.7. The Bertz CT molecular complexity index is 964. The first-order chi connectivity index (χ1) is 14.9. The van der Waals surface area contributed by atoms with Crippen molar-refractivity contribution < 1.29 is 32.2 Å². The van der Waals surface area contributed by atoms with Gasteiger partial charge >= 0.3 is 12.5 Å². The molecular weight excluding hydrogens is 447 g/mol. The molecule has 7 nitrogen and oxygen atoms in total. The van der Waals surface area contributed by atoms with Crippen LogP contribution < -0.4 is 10.1 Å². The van der Waals surface area contributed by atoms with E-state index in [9.17, 15) is 22.8 Å². The molecule has 11 heteroatoms. The summed E-state index contributed by atoms with van der Waals surface area (Å²) in [5, 5.41) is 4.93. The number of amides is 2. The van der Waals surface area contributed by atoms with Crippen LogP contribution in [-0.2, 0) is 4.74 Å². The molecule has 0 atom stereocenters. The number of rotatable bonds is 4. The summed E-state index contributed by atoms with van der Waals surface area (Å²) in [6.45, 7) is 6.53. The van der Waals surface area contributed by atoms with Crippen LogP contribution in [0.2, 0.25) is 0 Å². The van der Waals surface area contributed by atoms with Crippen LogP contribution in [0, 0.1) is 0 Å². The second-order valence-electron chi connectivity index (χ2n) is 8.34. The predicted octanol–water partition coefficient (Wildman–Crippen LogP) is 5.41. The van der Waals surface area contributed by atoms with Gasteiger partial charge in [0.2, 0.25) is 0 Å². The third-order valence-corrected chi connectivity index (χ3v) is 5.58. The van der Waals surface area contributed by atoms with Crippen molar-refractivity contribution in [1.82, 2.24) is 9.88 Å². The van der Waals surface area contributed by atoms with Crippen molar-refractivity contribution in [3.05, 3.63) is 40.3 Å². The standard InChI is InChI=1S/C21H24F3N3O4S/c1-20(2,3)31-19(29)27-9-7-13(8-10-27)18-26-16(12-32-18)17(28)25-14-5-4-6-15(11-14)30-21(22,23)24/h4-6,11-13H,7-10H2,1-3H3,(H,25,28). The smallest absolute Gasteiger partial charge is 0.444 e. The van der Waals surface area contributed by atoms with Gasteiger partial charge in [0.15, 0.2) is 0 Å². The maximum atomic E-state index is 12.5. The van der Waals surface area contributed by atoms with Crippen molar-refractivity contribution in [2.24, 2.45) is 0 Å². The summed E-state index contributed by atoms with van der Waals surface area (Å²) in [5.41, 5.74) is -0.206. The number of piperidine rings is 1. The van der Waals surface area contributed by atoms with Gasteiger partial charge < -0.3 is 19.7 Å². The molecule has 1 saturated heterocycles. The van der Waals surface area contributed by atoms with E-state index in [1.54, 1.807) is 10.3 Å². The number of alkyl halides is 3. The Morgan fingerprint density at radius 2 is 1.88 bits per heavy atom. The van der Waals surface area contributed by atoms with Crippen LogP contribution in [0.3, 0.4) is 0 Å². The predicted molar refractivity (Wildman–Crippen MR) is 113 cm³/mol. The second-order valence-corrected chi connectivity index (χ2v) is 9.23. The first kappa shape index (κ1) is 23.8. The van der Waals surface area contributed by atoms with Gasteiger partial charge in [0.05, 0.1) is 5.01 Å². The van der Waals surface area contributed by atoms with Crippen LogP contribution in [-0.4, -0.2) is 46.9 Å². The highest BCUT2D eigenvalue weighted by Crippen LogP contribution is 2.31. The molecule has 1 fully saturated rings. The van der Waals surface area contributed by atoms with E-state index in [1.165, 1.54) is 23.5 Å². The van der Waals surface area contributed by atoms with E-state index in [-0.39, 0.29) is 23.4 Å². The van der Waals surface area contributed by atoms with Gasteiger partial charge in [0, 0.05) is 36.1 Å². The van der Waals surface area contributed by atoms with Gasteiger partial charge in [-0.25, -0.2) is 9.78 Å². The molecule has 1 aromatic heterocycles. The van der Waals surface area contributed by atoms with Gasteiger partial charge in [0.25, 0.3) is 5.91 Å². The average Bonchev–Trinajstić information content (AvgIpc) is 3.16. The Hall–Kier alpha value is -2.82. The molecule has 2 amide bonds. The number of aromatic nitrogens is 1. The van der Waals surface area contributed by atoms with Crippen LogP contribution in [0.4, 0.5) is 23.7 Å². The number of anilines is 1. The molecule has 1 aliphatic rings. The summed E-state index contributed by atoms with van der Waals surface area (Å²) in [5.74, 6) is -0.836. The fourth-order valence-electron chi connectivity index (χ4n) is 3.18. The third kappa shape index (κ3) is 6.84. The Balaban J connectivity index is 1.57. The summed E-state index contributed by atoms with van der Waals surface area (Å²) < 4.78 is 46.4.